The number of benzene rings is 2. The summed E-state index contributed by atoms with van der Waals surface area (Å²) >= 11 is 0. The minimum Gasteiger partial charge on any atom is -0.355 e. The molecule has 5 heteroatoms. The highest BCUT2D eigenvalue weighted by atomic mass is 16.2. The fourth-order valence-electron chi connectivity index (χ4n) is 3.15. The summed E-state index contributed by atoms with van der Waals surface area (Å²) in [6.07, 6.45) is 0.274. The van der Waals surface area contributed by atoms with Gasteiger partial charge in [0.15, 0.2) is 0 Å². The van der Waals surface area contributed by atoms with E-state index < -0.39 is 0 Å². The molecule has 0 bridgehead atoms. The Kier molecular flexibility index (Phi) is 5.11. The first kappa shape index (κ1) is 16.5. The second-order valence-corrected chi connectivity index (χ2v) is 6.05. The Labute approximate surface area is 142 Å². The molecule has 2 aromatic carbocycles. The molecular weight excluding hydrogens is 302 g/mol. The standard InChI is InChI=1S/C19H23N3O2/c1-2-20-10-11-21-19(24)15-12-18(23)22(13-15)17-9-5-7-14-6-3-4-8-16(14)17/h3-9,15,20H,2,10-13H2,1H3,(H,21,24). The Morgan fingerprint density at radius 2 is 1.96 bits per heavy atom. The van der Waals surface area contributed by atoms with Gasteiger partial charge in [-0.1, -0.05) is 43.3 Å². The summed E-state index contributed by atoms with van der Waals surface area (Å²) in [5.74, 6) is -0.305. The van der Waals surface area contributed by atoms with Crippen molar-refractivity contribution in [1.82, 2.24) is 10.6 Å². The van der Waals surface area contributed by atoms with Crippen LogP contribution in [0.1, 0.15) is 13.3 Å². The van der Waals surface area contributed by atoms with Gasteiger partial charge in [-0.05, 0) is 18.0 Å². The molecule has 3 rings (SSSR count). The summed E-state index contributed by atoms with van der Waals surface area (Å²) in [4.78, 5) is 26.5. The van der Waals surface area contributed by atoms with Crippen LogP contribution in [-0.2, 0) is 9.59 Å². The van der Waals surface area contributed by atoms with Crippen LogP contribution in [-0.4, -0.2) is 38.0 Å². The van der Waals surface area contributed by atoms with Crippen molar-refractivity contribution in [1.29, 1.82) is 0 Å². The zero-order valence-corrected chi connectivity index (χ0v) is 13.9. The number of hydrogen-bond acceptors (Lipinski definition) is 3. The molecule has 2 N–H and O–H groups in total. The van der Waals surface area contributed by atoms with Crippen LogP contribution in [0.2, 0.25) is 0 Å². The molecule has 2 amide bonds. The Balaban J connectivity index is 1.71. The molecule has 0 saturated carbocycles. The van der Waals surface area contributed by atoms with Gasteiger partial charge in [0.2, 0.25) is 11.8 Å². The van der Waals surface area contributed by atoms with Crippen molar-refractivity contribution < 1.29 is 9.59 Å². The van der Waals surface area contributed by atoms with E-state index in [4.69, 9.17) is 0 Å². The highest BCUT2D eigenvalue weighted by Gasteiger charge is 2.35. The predicted octanol–water partition coefficient (Wildman–Crippen LogP) is 1.92. The van der Waals surface area contributed by atoms with Gasteiger partial charge in [-0.3, -0.25) is 9.59 Å². The number of carbonyl (C=O) groups is 2. The van der Waals surface area contributed by atoms with Crippen molar-refractivity contribution in [2.75, 3.05) is 31.1 Å². The maximum Gasteiger partial charge on any atom is 0.227 e. The molecule has 1 fully saturated rings. The van der Waals surface area contributed by atoms with Gasteiger partial charge in [-0.25, -0.2) is 0 Å². The number of likely N-dealkylation sites (N-methyl/N-ethyl adjacent to an activating group) is 1. The van der Waals surface area contributed by atoms with Crippen LogP contribution in [0.4, 0.5) is 5.69 Å². The number of nitrogens with one attached hydrogen (secondary N) is 2. The van der Waals surface area contributed by atoms with Gasteiger partial charge in [0.25, 0.3) is 0 Å². The second kappa shape index (κ2) is 7.45. The molecule has 1 heterocycles. The van der Waals surface area contributed by atoms with Gasteiger partial charge in [-0.15, -0.1) is 0 Å². The van der Waals surface area contributed by atoms with Crippen molar-refractivity contribution in [3.05, 3.63) is 42.5 Å². The minimum absolute atomic E-state index is 0.0122. The van der Waals surface area contributed by atoms with E-state index in [9.17, 15) is 9.59 Å². The van der Waals surface area contributed by atoms with Crippen LogP contribution in [0.25, 0.3) is 10.8 Å². The summed E-state index contributed by atoms with van der Waals surface area (Å²) in [6.45, 7) is 4.69. The molecule has 0 radical (unpaired) electrons. The average molecular weight is 325 g/mol. The summed E-state index contributed by atoms with van der Waals surface area (Å²) in [6, 6.07) is 13.9. The lowest BCUT2D eigenvalue weighted by Crippen LogP contribution is -2.37. The Morgan fingerprint density at radius 1 is 1.17 bits per heavy atom. The normalized spacial score (nSPS) is 17.5. The molecule has 1 aliphatic heterocycles. The van der Waals surface area contributed by atoms with E-state index in [1.165, 1.54) is 0 Å². The van der Waals surface area contributed by atoms with E-state index in [-0.39, 0.29) is 24.2 Å². The number of nitrogens with zero attached hydrogens (tertiary/aromatic N) is 1. The maximum absolute atomic E-state index is 12.4. The summed E-state index contributed by atoms with van der Waals surface area (Å²) in [7, 11) is 0. The fourth-order valence-corrected chi connectivity index (χ4v) is 3.15. The van der Waals surface area contributed by atoms with Crippen molar-refractivity contribution >= 4 is 28.3 Å². The van der Waals surface area contributed by atoms with Gasteiger partial charge in [0.05, 0.1) is 11.6 Å². The van der Waals surface area contributed by atoms with Crippen molar-refractivity contribution in [3.63, 3.8) is 0 Å². The van der Waals surface area contributed by atoms with E-state index in [1.807, 2.05) is 49.4 Å². The lowest BCUT2D eigenvalue weighted by atomic mass is 10.1. The maximum atomic E-state index is 12.4. The molecule has 24 heavy (non-hydrogen) atoms. The smallest absolute Gasteiger partial charge is 0.227 e. The van der Waals surface area contributed by atoms with Crippen LogP contribution >= 0.6 is 0 Å². The summed E-state index contributed by atoms with van der Waals surface area (Å²) in [5, 5.41) is 8.22. The highest BCUT2D eigenvalue weighted by molar-refractivity contribution is 6.06. The Hall–Kier alpha value is -2.40. The third kappa shape index (κ3) is 3.41. The average Bonchev–Trinajstić information content (AvgIpc) is 3.00. The SMILES string of the molecule is CCNCCNC(=O)C1CC(=O)N(c2cccc3ccccc23)C1. The number of anilines is 1. The summed E-state index contributed by atoms with van der Waals surface area (Å²) in [5.41, 5.74) is 0.890. The first-order valence-electron chi connectivity index (χ1n) is 8.47. The number of hydrogen-bond donors (Lipinski definition) is 2. The monoisotopic (exact) mass is 325 g/mol. The Bertz CT molecular complexity index is 739. The molecule has 126 valence electrons. The van der Waals surface area contributed by atoms with Crippen LogP contribution in [0.3, 0.4) is 0 Å². The zero-order valence-electron chi connectivity index (χ0n) is 13.9. The van der Waals surface area contributed by atoms with Gasteiger partial charge in [0.1, 0.15) is 0 Å². The molecule has 0 spiro atoms. The van der Waals surface area contributed by atoms with Crippen LogP contribution < -0.4 is 15.5 Å². The second-order valence-electron chi connectivity index (χ2n) is 6.05. The molecular formula is C19H23N3O2. The molecule has 1 saturated heterocycles. The summed E-state index contributed by atoms with van der Waals surface area (Å²) < 4.78 is 0. The predicted molar refractivity (Wildman–Crippen MR) is 96.0 cm³/mol. The van der Waals surface area contributed by atoms with Gasteiger partial charge in [0, 0.05) is 31.4 Å². The minimum atomic E-state index is -0.280. The van der Waals surface area contributed by atoms with Gasteiger partial charge in [-0.2, -0.15) is 0 Å². The van der Waals surface area contributed by atoms with E-state index >= 15 is 0 Å². The molecule has 1 atom stereocenters. The molecule has 1 unspecified atom stereocenters. The van der Waals surface area contributed by atoms with Crippen LogP contribution in [0.5, 0.6) is 0 Å². The van der Waals surface area contributed by atoms with E-state index in [0.717, 1.165) is 29.5 Å². The van der Waals surface area contributed by atoms with E-state index in [2.05, 4.69) is 10.6 Å². The molecule has 5 nitrogen and oxygen atoms in total. The van der Waals surface area contributed by atoms with Crippen LogP contribution in [0, 0.1) is 5.92 Å². The van der Waals surface area contributed by atoms with Crippen molar-refractivity contribution in [2.45, 2.75) is 13.3 Å². The first-order chi connectivity index (χ1) is 11.7. The van der Waals surface area contributed by atoms with Crippen LogP contribution in [0.15, 0.2) is 42.5 Å². The van der Waals surface area contributed by atoms with E-state index in [1.54, 1.807) is 4.90 Å². The lowest BCUT2D eigenvalue weighted by Gasteiger charge is -2.19. The van der Waals surface area contributed by atoms with Crippen molar-refractivity contribution in [2.24, 2.45) is 5.92 Å². The molecule has 2 aromatic rings. The quantitative estimate of drug-likeness (QED) is 0.798. The number of carbonyl (C=O) groups excluding carboxylic acids is 2. The molecule has 1 aliphatic rings. The lowest BCUT2D eigenvalue weighted by molar-refractivity contribution is -0.126. The number of fused-ring (bicyclic) bond motifs is 1. The first-order valence-corrected chi connectivity index (χ1v) is 8.47. The highest BCUT2D eigenvalue weighted by Crippen LogP contribution is 2.31. The van der Waals surface area contributed by atoms with Crippen molar-refractivity contribution in [3.8, 4) is 0 Å². The Morgan fingerprint density at radius 3 is 2.79 bits per heavy atom. The largest absolute Gasteiger partial charge is 0.355 e. The van der Waals surface area contributed by atoms with Gasteiger partial charge >= 0.3 is 0 Å². The topological polar surface area (TPSA) is 61.4 Å². The number of rotatable bonds is 6. The third-order valence-electron chi connectivity index (χ3n) is 4.40. The molecule has 0 aliphatic carbocycles. The fraction of sp³-hybridized carbons (Fsp3) is 0.368. The van der Waals surface area contributed by atoms with E-state index in [0.29, 0.717) is 13.1 Å². The third-order valence-corrected chi connectivity index (χ3v) is 4.40. The molecule has 0 aromatic heterocycles. The number of amides is 2. The van der Waals surface area contributed by atoms with Gasteiger partial charge < -0.3 is 15.5 Å². The zero-order chi connectivity index (χ0) is 16.9.